The lowest BCUT2D eigenvalue weighted by Crippen LogP contribution is -2.45. The molecule has 14 nitrogen and oxygen atoms in total. The SMILES string of the molecule is CCOc1cc(/C=N\N[C@@H](O)COc2ccc([C@H]3NC(=O)NC(C)=C3C(=O)OC)cc2OCC)ccc1OCC(=O)O. The monoisotopic (exact) mass is 586 g/mol. The fourth-order valence-corrected chi connectivity index (χ4v) is 3.95. The number of ether oxygens (including phenoxy) is 5. The van der Waals surface area contributed by atoms with Crippen LogP contribution in [0.2, 0.25) is 0 Å². The molecule has 2 aromatic rings. The van der Waals surface area contributed by atoms with Crippen LogP contribution in [-0.4, -0.2) is 74.2 Å². The van der Waals surface area contributed by atoms with Crippen molar-refractivity contribution in [3.8, 4) is 23.0 Å². The standard InChI is InChI=1S/C28H34N4O10/c1-5-39-21-11-17(7-9-19(21)42-15-24(34)35)13-29-32-23(33)14-41-20-10-8-18(12-22(20)40-6-2)26-25(27(36)38-4)16(3)30-28(37)31-26/h7-13,23,26,32-33H,5-6,14-15H2,1-4H3,(H,34,35)(H2,30,31,37)/b29-13-/t23-,26+/m0/s1. The Labute approximate surface area is 242 Å². The maximum Gasteiger partial charge on any atom is 0.341 e. The van der Waals surface area contributed by atoms with Crippen LogP contribution in [0.25, 0.3) is 0 Å². The molecule has 2 amide bonds. The number of esters is 1. The first kappa shape index (κ1) is 31.5. The summed E-state index contributed by atoms with van der Waals surface area (Å²) in [4.78, 5) is 35.3. The van der Waals surface area contributed by atoms with Gasteiger partial charge in [0, 0.05) is 5.70 Å². The summed E-state index contributed by atoms with van der Waals surface area (Å²) in [6.07, 6.45) is 0.245. The summed E-state index contributed by atoms with van der Waals surface area (Å²) < 4.78 is 27.1. The lowest BCUT2D eigenvalue weighted by atomic mass is 9.95. The first-order valence-corrected chi connectivity index (χ1v) is 13.0. The van der Waals surface area contributed by atoms with E-state index in [-0.39, 0.29) is 17.9 Å². The molecule has 0 saturated heterocycles. The molecule has 0 unspecified atom stereocenters. The van der Waals surface area contributed by atoms with Crippen LogP contribution in [0.4, 0.5) is 4.79 Å². The van der Waals surface area contributed by atoms with Crippen LogP contribution in [0, 0.1) is 0 Å². The first-order chi connectivity index (χ1) is 20.2. The number of urea groups is 1. The number of carboxylic acids is 1. The van der Waals surface area contributed by atoms with Crippen molar-refractivity contribution in [1.29, 1.82) is 0 Å². The van der Waals surface area contributed by atoms with Crippen molar-refractivity contribution in [1.82, 2.24) is 16.1 Å². The Kier molecular flexibility index (Phi) is 11.4. The molecule has 2 atom stereocenters. The van der Waals surface area contributed by atoms with E-state index in [1.807, 2.05) is 0 Å². The van der Waals surface area contributed by atoms with Crippen LogP contribution in [0.1, 0.15) is 37.9 Å². The van der Waals surface area contributed by atoms with Crippen LogP contribution >= 0.6 is 0 Å². The zero-order valence-electron chi connectivity index (χ0n) is 23.6. The Morgan fingerprint density at radius 1 is 1.02 bits per heavy atom. The van der Waals surface area contributed by atoms with E-state index in [0.29, 0.717) is 47.3 Å². The van der Waals surface area contributed by atoms with Gasteiger partial charge in [0.05, 0.1) is 38.2 Å². The van der Waals surface area contributed by atoms with Gasteiger partial charge in [-0.15, -0.1) is 0 Å². The summed E-state index contributed by atoms with van der Waals surface area (Å²) in [6, 6.07) is 8.52. The number of carbonyl (C=O) groups is 3. The van der Waals surface area contributed by atoms with Gasteiger partial charge in [-0.2, -0.15) is 5.10 Å². The van der Waals surface area contributed by atoms with Gasteiger partial charge in [0.25, 0.3) is 0 Å². The second-order valence-corrected chi connectivity index (χ2v) is 8.74. The molecular formula is C28H34N4O10. The fraction of sp³-hybridized carbons (Fsp3) is 0.357. The number of aliphatic hydroxyl groups excluding tert-OH is 1. The molecule has 0 fully saturated rings. The maximum atomic E-state index is 12.4. The number of hydrazone groups is 1. The number of carbonyl (C=O) groups excluding carboxylic acids is 2. The number of amides is 2. The topological polar surface area (TPSA) is 186 Å². The molecule has 0 aliphatic carbocycles. The molecule has 0 aromatic heterocycles. The summed E-state index contributed by atoms with van der Waals surface area (Å²) in [5.74, 6) is -0.396. The summed E-state index contributed by atoms with van der Waals surface area (Å²) in [5, 5.41) is 28.5. The van der Waals surface area contributed by atoms with Crippen LogP contribution in [0.3, 0.4) is 0 Å². The molecule has 14 heteroatoms. The third-order valence-corrected chi connectivity index (χ3v) is 5.73. The third kappa shape index (κ3) is 8.51. The van der Waals surface area contributed by atoms with Crippen LogP contribution in [0.15, 0.2) is 52.8 Å². The van der Waals surface area contributed by atoms with Crippen molar-refractivity contribution in [3.63, 3.8) is 0 Å². The largest absolute Gasteiger partial charge is 0.490 e. The normalized spacial score (nSPS) is 15.4. The van der Waals surface area contributed by atoms with Crippen molar-refractivity contribution in [2.45, 2.75) is 33.0 Å². The summed E-state index contributed by atoms with van der Waals surface area (Å²) >= 11 is 0. The quantitative estimate of drug-likeness (QED) is 0.0890. The molecule has 5 N–H and O–H groups in total. The Morgan fingerprint density at radius 3 is 2.36 bits per heavy atom. The summed E-state index contributed by atoms with van der Waals surface area (Å²) in [5.41, 5.74) is 4.35. The number of allylic oxidation sites excluding steroid dienone is 1. The highest BCUT2D eigenvalue weighted by molar-refractivity contribution is 5.95. The molecule has 2 aromatic carbocycles. The average molecular weight is 587 g/mol. The van der Waals surface area contributed by atoms with Gasteiger partial charge in [0.2, 0.25) is 0 Å². The van der Waals surface area contributed by atoms with Crippen molar-refractivity contribution >= 4 is 24.2 Å². The summed E-state index contributed by atoms with van der Waals surface area (Å²) in [7, 11) is 1.26. The van der Waals surface area contributed by atoms with Gasteiger partial charge in [0.1, 0.15) is 6.61 Å². The van der Waals surface area contributed by atoms with E-state index in [1.165, 1.54) is 13.3 Å². The maximum absolute atomic E-state index is 12.4. The molecule has 3 rings (SSSR count). The fourth-order valence-electron chi connectivity index (χ4n) is 3.95. The van der Waals surface area contributed by atoms with E-state index in [2.05, 4.69) is 21.2 Å². The van der Waals surface area contributed by atoms with Crippen molar-refractivity contribution in [2.75, 3.05) is 33.5 Å². The lowest BCUT2D eigenvalue weighted by Gasteiger charge is -2.28. The number of nitrogens with one attached hydrogen (secondary N) is 3. The van der Waals surface area contributed by atoms with Crippen molar-refractivity contribution < 1.29 is 48.3 Å². The number of aliphatic carboxylic acids is 1. The number of nitrogens with zero attached hydrogens (tertiary/aromatic N) is 1. The van der Waals surface area contributed by atoms with Gasteiger partial charge in [-0.3, -0.25) is 5.43 Å². The predicted molar refractivity (Wildman–Crippen MR) is 150 cm³/mol. The van der Waals surface area contributed by atoms with E-state index < -0.39 is 36.8 Å². The van der Waals surface area contributed by atoms with Gasteiger partial charge in [-0.05, 0) is 62.2 Å². The van der Waals surface area contributed by atoms with Gasteiger partial charge < -0.3 is 44.5 Å². The number of rotatable bonds is 15. The zero-order valence-corrected chi connectivity index (χ0v) is 23.6. The van der Waals surface area contributed by atoms with E-state index in [9.17, 15) is 19.5 Å². The van der Waals surface area contributed by atoms with Crippen LogP contribution in [-0.2, 0) is 14.3 Å². The molecule has 1 aliphatic rings. The van der Waals surface area contributed by atoms with E-state index in [0.717, 1.165) is 0 Å². The number of aliphatic hydroxyl groups is 1. The average Bonchev–Trinajstić information content (AvgIpc) is 2.95. The predicted octanol–water partition coefficient (Wildman–Crippen LogP) is 2.07. The van der Waals surface area contributed by atoms with Gasteiger partial charge in [-0.1, -0.05) is 6.07 Å². The second-order valence-electron chi connectivity index (χ2n) is 8.74. The minimum atomic E-state index is -1.19. The molecule has 0 saturated carbocycles. The van der Waals surface area contributed by atoms with E-state index >= 15 is 0 Å². The third-order valence-electron chi connectivity index (χ3n) is 5.73. The Hall–Kier alpha value is -4.98. The first-order valence-electron chi connectivity index (χ1n) is 13.0. The van der Waals surface area contributed by atoms with E-state index in [1.54, 1.807) is 57.2 Å². The molecule has 1 heterocycles. The number of methoxy groups -OCH3 is 1. The number of hydrogen-bond acceptors (Lipinski definition) is 11. The summed E-state index contributed by atoms with van der Waals surface area (Å²) in [6.45, 7) is 5.14. The minimum absolute atomic E-state index is 0.195. The van der Waals surface area contributed by atoms with Gasteiger partial charge in [0.15, 0.2) is 35.8 Å². The van der Waals surface area contributed by atoms with Crippen molar-refractivity contribution in [3.05, 3.63) is 58.8 Å². The highest BCUT2D eigenvalue weighted by atomic mass is 16.5. The molecule has 0 bridgehead atoms. The Bertz CT molecular complexity index is 1340. The number of carboxylic acid groups (broad SMARTS) is 1. The Balaban J connectivity index is 1.66. The molecule has 42 heavy (non-hydrogen) atoms. The molecule has 0 spiro atoms. The zero-order chi connectivity index (χ0) is 30.6. The highest BCUT2D eigenvalue weighted by Crippen LogP contribution is 2.35. The van der Waals surface area contributed by atoms with Crippen molar-refractivity contribution in [2.24, 2.45) is 5.10 Å². The molecule has 0 radical (unpaired) electrons. The number of hydrogen-bond donors (Lipinski definition) is 5. The molecular weight excluding hydrogens is 552 g/mol. The highest BCUT2D eigenvalue weighted by Gasteiger charge is 2.32. The Morgan fingerprint density at radius 2 is 1.69 bits per heavy atom. The molecule has 226 valence electrons. The smallest absolute Gasteiger partial charge is 0.341 e. The van der Waals surface area contributed by atoms with Crippen LogP contribution in [0.5, 0.6) is 23.0 Å². The van der Waals surface area contributed by atoms with Crippen LogP contribution < -0.4 is 35.0 Å². The minimum Gasteiger partial charge on any atom is -0.490 e. The van der Waals surface area contributed by atoms with Gasteiger partial charge >= 0.3 is 18.0 Å². The molecule has 1 aliphatic heterocycles. The van der Waals surface area contributed by atoms with E-state index in [4.69, 9.17) is 28.8 Å². The lowest BCUT2D eigenvalue weighted by molar-refractivity contribution is -0.139. The second kappa shape index (κ2) is 15.1. The van der Waals surface area contributed by atoms with Gasteiger partial charge in [-0.25, -0.2) is 14.4 Å². The number of benzene rings is 2.